The quantitative estimate of drug-likeness (QED) is 0.601. The van der Waals surface area contributed by atoms with E-state index in [1.807, 2.05) is 25.3 Å². The van der Waals surface area contributed by atoms with Crippen LogP contribution < -0.4 is 5.32 Å². The Morgan fingerprint density at radius 1 is 1.13 bits per heavy atom. The number of benzene rings is 1. The van der Waals surface area contributed by atoms with Crippen molar-refractivity contribution in [2.24, 2.45) is 5.92 Å². The van der Waals surface area contributed by atoms with Crippen LogP contribution in [0, 0.1) is 5.92 Å². The van der Waals surface area contributed by atoms with Crippen molar-refractivity contribution in [3.63, 3.8) is 0 Å². The van der Waals surface area contributed by atoms with Gasteiger partial charge in [0, 0.05) is 17.8 Å². The van der Waals surface area contributed by atoms with Crippen molar-refractivity contribution in [2.45, 2.75) is 57.3 Å². The Hall–Kier alpha value is -2.61. The molecule has 5 nitrogen and oxygen atoms in total. The summed E-state index contributed by atoms with van der Waals surface area (Å²) in [6, 6.07) is 9.20. The zero-order chi connectivity index (χ0) is 21.3. The largest absolute Gasteiger partial charge is 0.416 e. The Labute approximate surface area is 172 Å². The summed E-state index contributed by atoms with van der Waals surface area (Å²) in [7, 11) is 0. The average Bonchev–Trinajstić information content (AvgIpc) is 3.12. The lowest BCUT2D eigenvalue weighted by Crippen LogP contribution is -2.27. The number of nitrogens with zero attached hydrogens (tertiary/aromatic N) is 3. The molecule has 0 saturated heterocycles. The fraction of sp³-hybridized carbons (Fsp3) is 0.455. The van der Waals surface area contributed by atoms with Crippen molar-refractivity contribution in [3.05, 3.63) is 48.2 Å². The van der Waals surface area contributed by atoms with Gasteiger partial charge >= 0.3 is 6.18 Å². The van der Waals surface area contributed by atoms with Gasteiger partial charge in [-0.05, 0) is 69.2 Å². The molecule has 1 saturated carbocycles. The molecule has 1 atom stereocenters. The fourth-order valence-corrected chi connectivity index (χ4v) is 4.27. The molecule has 3 aromatic rings. The molecule has 0 amide bonds. The first-order valence-corrected chi connectivity index (χ1v) is 10.3. The van der Waals surface area contributed by atoms with E-state index >= 15 is 0 Å². The maximum atomic E-state index is 13.1. The molecule has 8 heteroatoms. The summed E-state index contributed by atoms with van der Waals surface area (Å²) in [6.07, 6.45) is 2.23. The molecule has 1 fully saturated rings. The van der Waals surface area contributed by atoms with Gasteiger partial charge in [0.25, 0.3) is 0 Å². The molecule has 160 valence electrons. The maximum Gasteiger partial charge on any atom is 0.416 e. The second kappa shape index (κ2) is 8.26. The van der Waals surface area contributed by atoms with Crippen LogP contribution >= 0.6 is 0 Å². The highest BCUT2D eigenvalue weighted by Gasteiger charge is 2.30. The van der Waals surface area contributed by atoms with Crippen LogP contribution in [0.3, 0.4) is 0 Å². The molecular weight excluding hydrogens is 393 g/mol. The van der Waals surface area contributed by atoms with Crippen LogP contribution in [0.1, 0.15) is 44.6 Å². The minimum atomic E-state index is -4.41. The first kappa shape index (κ1) is 20.7. The molecule has 0 radical (unpaired) electrons. The minimum Gasteiger partial charge on any atom is -0.393 e. The Morgan fingerprint density at radius 3 is 2.60 bits per heavy atom. The average molecular weight is 418 g/mol. The van der Waals surface area contributed by atoms with Crippen molar-refractivity contribution in [3.8, 4) is 11.4 Å². The molecule has 1 aliphatic carbocycles. The van der Waals surface area contributed by atoms with Crippen molar-refractivity contribution in [2.75, 3.05) is 5.32 Å². The van der Waals surface area contributed by atoms with Crippen LogP contribution in [-0.4, -0.2) is 31.9 Å². The van der Waals surface area contributed by atoms with Gasteiger partial charge in [0.2, 0.25) is 0 Å². The van der Waals surface area contributed by atoms with Gasteiger partial charge in [-0.25, -0.2) is 0 Å². The third-order valence-corrected chi connectivity index (χ3v) is 5.74. The van der Waals surface area contributed by atoms with E-state index in [0.717, 1.165) is 49.9 Å². The summed E-state index contributed by atoms with van der Waals surface area (Å²) in [5.41, 5.74) is 1.12. The first-order chi connectivity index (χ1) is 14.3. The number of rotatable bonds is 5. The molecule has 1 unspecified atom stereocenters. The maximum absolute atomic E-state index is 13.1. The van der Waals surface area contributed by atoms with Gasteiger partial charge in [0.05, 0.1) is 17.4 Å². The lowest BCUT2D eigenvalue weighted by Gasteiger charge is -2.30. The normalized spacial score (nSPS) is 21.0. The highest BCUT2D eigenvalue weighted by Crippen LogP contribution is 2.33. The number of nitrogens with one attached hydrogen (secondary N) is 1. The highest BCUT2D eigenvalue weighted by molar-refractivity contribution is 5.62. The van der Waals surface area contributed by atoms with E-state index in [4.69, 9.17) is 0 Å². The summed E-state index contributed by atoms with van der Waals surface area (Å²) >= 11 is 0. The van der Waals surface area contributed by atoms with Crippen molar-refractivity contribution < 1.29 is 18.3 Å². The van der Waals surface area contributed by atoms with Crippen LogP contribution in [0.25, 0.3) is 17.0 Å². The molecule has 0 spiro atoms. The van der Waals surface area contributed by atoms with Crippen LogP contribution in [0.15, 0.2) is 42.6 Å². The van der Waals surface area contributed by atoms with Gasteiger partial charge in [-0.2, -0.15) is 13.2 Å². The SMILES string of the molecule is CC(O)CC1CCC(Nc2ccc3nnc(-c4cccc(C(F)(F)F)c4)n3c2)CC1. The predicted octanol–water partition coefficient (Wildman–Crippen LogP) is 5.16. The molecule has 0 aliphatic heterocycles. The summed E-state index contributed by atoms with van der Waals surface area (Å²) in [5, 5.41) is 21.3. The number of hydrogen-bond acceptors (Lipinski definition) is 4. The Balaban J connectivity index is 1.53. The Bertz CT molecular complexity index is 1010. The highest BCUT2D eigenvalue weighted by atomic mass is 19.4. The van der Waals surface area contributed by atoms with Gasteiger partial charge in [-0.3, -0.25) is 4.40 Å². The minimum absolute atomic E-state index is 0.259. The number of hydrogen-bond donors (Lipinski definition) is 2. The van der Waals surface area contributed by atoms with Crippen LogP contribution in [0.2, 0.25) is 0 Å². The van der Waals surface area contributed by atoms with Crippen LogP contribution in [0.5, 0.6) is 0 Å². The first-order valence-electron chi connectivity index (χ1n) is 10.3. The van der Waals surface area contributed by atoms with E-state index in [2.05, 4.69) is 15.5 Å². The van der Waals surface area contributed by atoms with Gasteiger partial charge < -0.3 is 10.4 Å². The molecule has 30 heavy (non-hydrogen) atoms. The topological polar surface area (TPSA) is 62.5 Å². The van der Waals surface area contributed by atoms with Gasteiger partial charge in [-0.1, -0.05) is 12.1 Å². The zero-order valence-electron chi connectivity index (χ0n) is 16.7. The standard InChI is InChI=1S/C22H25F3N4O/c1-14(30)11-15-5-7-18(8-6-15)26-19-9-10-20-27-28-21(29(20)13-19)16-3-2-4-17(12-16)22(23,24)25/h2-4,9-10,12-15,18,26,30H,5-8,11H2,1H3. The smallest absolute Gasteiger partial charge is 0.393 e. The molecule has 0 bridgehead atoms. The number of halogens is 3. The molecule has 2 heterocycles. The molecule has 2 N–H and O–H groups in total. The van der Waals surface area contributed by atoms with E-state index in [1.165, 1.54) is 6.07 Å². The van der Waals surface area contributed by atoms with Crippen LogP contribution in [0.4, 0.5) is 18.9 Å². The Kier molecular flexibility index (Phi) is 5.69. The van der Waals surface area contributed by atoms with Gasteiger partial charge in [0.1, 0.15) is 0 Å². The molecule has 1 aliphatic rings. The molecular formula is C22H25F3N4O. The lowest BCUT2D eigenvalue weighted by molar-refractivity contribution is -0.137. The number of aromatic nitrogens is 3. The molecule has 1 aromatic carbocycles. The van der Waals surface area contributed by atoms with E-state index in [1.54, 1.807) is 10.5 Å². The second-order valence-corrected chi connectivity index (χ2v) is 8.19. The van der Waals surface area contributed by atoms with Crippen molar-refractivity contribution >= 4 is 11.3 Å². The summed E-state index contributed by atoms with van der Waals surface area (Å²) in [5.74, 6) is 0.941. The number of anilines is 1. The number of pyridine rings is 1. The predicted molar refractivity (Wildman–Crippen MR) is 109 cm³/mol. The summed E-state index contributed by atoms with van der Waals surface area (Å²) in [4.78, 5) is 0. The second-order valence-electron chi connectivity index (χ2n) is 8.19. The zero-order valence-corrected chi connectivity index (χ0v) is 16.7. The lowest BCUT2D eigenvalue weighted by atomic mass is 9.83. The third kappa shape index (κ3) is 4.59. The van der Waals surface area contributed by atoms with Crippen LogP contribution in [-0.2, 0) is 6.18 Å². The third-order valence-electron chi connectivity index (χ3n) is 5.74. The van der Waals surface area contributed by atoms with Crippen molar-refractivity contribution in [1.29, 1.82) is 0 Å². The van der Waals surface area contributed by atoms with Gasteiger partial charge in [-0.15, -0.1) is 10.2 Å². The van der Waals surface area contributed by atoms with E-state index in [0.29, 0.717) is 29.0 Å². The van der Waals surface area contributed by atoms with E-state index in [9.17, 15) is 18.3 Å². The fourth-order valence-electron chi connectivity index (χ4n) is 4.27. The number of fused-ring (bicyclic) bond motifs is 1. The monoisotopic (exact) mass is 418 g/mol. The number of aliphatic hydroxyl groups is 1. The van der Waals surface area contributed by atoms with Crippen molar-refractivity contribution in [1.82, 2.24) is 14.6 Å². The van der Waals surface area contributed by atoms with E-state index in [-0.39, 0.29) is 6.10 Å². The molecule has 2 aromatic heterocycles. The Morgan fingerprint density at radius 2 is 1.90 bits per heavy atom. The number of aliphatic hydroxyl groups excluding tert-OH is 1. The summed E-state index contributed by atoms with van der Waals surface area (Å²) in [6.45, 7) is 1.83. The van der Waals surface area contributed by atoms with E-state index < -0.39 is 11.7 Å². The van der Waals surface area contributed by atoms with Gasteiger partial charge in [0.15, 0.2) is 11.5 Å². The molecule has 4 rings (SSSR count). The number of alkyl halides is 3. The summed E-state index contributed by atoms with van der Waals surface area (Å²) < 4.78 is 41.0.